The maximum atomic E-state index is 10.6. The van der Waals surface area contributed by atoms with E-state index in [0.29, 0.717) is 0 Å². The topological polar surface area (TPSA) is 69.7 Å². The zero-order valence-corrected chi connectivity index (χ0v) is 7.46. The van der Waals surface area contributed by atoms with Crippen LogP contribution in [-0.2, 0) is 24.2 Å². The third-order valence-electron chi connectivity index (χ3n) is 0.952. The van der Waals surface area contributed by atoms with Crippen LogP contribution in [-0.4, -0.2) is 17.7 Å². The molecule has 0 bridgehead atoms. The van der Waals surface area contributed by atoms with Crippen molar-refractivity contribution in [2.75, 3.05) is 0 Å². The molecule has 0 fully saturated rings. The molecule has 0 aromatic rings. The van der Waals surface area contributed by atoms with Gasteiger partial charge in [-0.2, -0.15) is 0 Å². The highest BCUT2D eigenvalue weighted by molar-refractivity contribution is 5.94. The first-order valence-corrected chi connectivity index (χ1v) is 3.50. The van der Waals surface area contributed by atoms with Crippen molar-refractivity contribution < 1.29 is 24.2 Å². The molecule has 0 unspecified atom stereocenters. The van der Waals surface area contributed by atoms with Crippen LogP contribution in [0.4, 0.5) is 0 Å². The number of hydrogen-bond donors (Lipinski definition) is 0. The molecule has 72 valence electrons. The molecule has 0 radical (unpaired) electrons. The van der Waals surface area contributed by atoms with E-state index in [1.54, 1.807) is 0 Å². The third-order valence-corrected chi connectivity index (χ3v) is 0.952. The molecule has 0 amide bonds. The van der Waals surface area contributed by atoms with Gasteiger partial charge in [0.25, 0.3) is 0 Å². The average Bonchev–Trinajstić information content (AvgIpc) is 1.98. The van der Waals surface area contributed by atoms with Crippen molar-refractivity contribution in [1.29, 1.82) is 0 Å². The van der Waals surface area contributed by atoms with Crippen LogP contribution >= 0.6 is 0 Å². The molecular formula is C8H10O5. The van der Waals surface area contributed by atoms with E-state index in [9.17, 15) is 14.4 Å². The second-order valence-corrected chi connectivity index (χ2v) is 2.49. The van der Waals surface area contributed by atoms with Gasteiger partial charge in [0.05, 0.1) is 0 Å². The maximum absolute atomic E-state index is 10.6. The maximum Gasteiger partial charge on any atom is 0.381 e. The van der Waals surface area contributed by atoms with Gasteiger partial charge in [-0.3, -0.25) is 4.79 Å². The van der Waals surface area contributed by atoms with Crippen LogP contribution in [0.1, 0.15) is 20.3 Å². The smallest absolute Gasteiger partial charge is 0.299 e. The first-order chi connectivity index (χ1) is 5.93. The number of carbonyl (C=O) groups excluding carboxylic acids is 3. The molecule has 0 spiro atoms. The molecule has 0 aromatic carbocycles. The predicted molar refractivity (Wildman–Crippen MR) is 42.3 cm³/mol. The van der Waals surface area contributed by atoms with Crippen LogP contribution in [0.25, 0.3) is 0 Å². The second kappa shape index (κ2) is 5.08. The zero-order chi connectivity index (χ0) is 10.4. The molecule has 0 atom stereocenters. The Kier molecular flexibility index (Phi) is 4.43. The van der Waals surface area contributed by atoms with Gasteiger partial charge in [0.15, 0.2) is 0 Å². The molecule has 0 saturated carbocycles. The van der Waals surface area contributed by atoms with E-state index in [4.69, 9.17) is 0 Å². The molecule has 0 rings (SSSR count). The van der Waals surface area contributed by atoms with Gasteiger partial charge in [-0.1, -0.05) is 6.58 Å². The Morgan fingerprint density at radius 2 is 1.69 bits per heavy atom. The van der Waals surface area contributed by atoms with Crippen LogP contribution in [0.3, 0.4) is 0 Å². The molecule has 0 heterocycles. The van der Waals surface area contributed by atoms with Gasteiger partial charge < -0.3 is 0 Å². The first-order valence-electron chi connectivity index (χ1n) is 3.50. The summed E-state index contributed by atoms with van der Waals surface area (Å²) in [5.41, 5.74) is 0.107. The van der Waals surface area contributed by atoms with Crippen LogP contribution in [0.5, 0.6) is 0 Å². The summed E-state index contributed by atoms with van der Waals surface area (Å²) in [4.78, 5) is 39.7. The predicted octanol–water partition coefficient (Wildman–Crippen LogP) is 0.543. The number of carbonyl (C=O) groups is 3. The molecule has 5 nitrogen and oxygen atoms in total. The number of Topliss-reactive ketones (excluding diaryl/α,β-unsaturated/α-hetero) is 1. The van der Waals surface area contributed by atoms with Crippen LogP contribution in [0.2, 0.25) is 0 Å². The lowest BCUT2D eigenvalue weighted by molar-refractivity contribution is -0.255. The molecule has 0 aliphatic rings. The minimum absolute atomic E-state index is 0.107. The second-order valence-electron chi connectivity index (χ2n) is 2.49. The Morgan fingerprint density at radius 3 is 2.08 bits per heavy atom. The highest BCUT2D eigenvalue weighted by Crippen LogP contribution is 1.95. The highest BCUT2D eigenvalue weighted by Gasteiger charge is 2.11. The zero-order valence-electron chi connectivity index (χ0n) is 7.46. The van der Waals surface area contributed by atoms with Crippen molar-refractivity contribution >= 4 is 17.7 Å². The Hall–Kier alpha value is -1.65. The Balaban J connectivity index is 3.77. The normalized spacial score (nSPS) is 8.77. The first kappa shape index (κ1) is 11.4. The molecule has 0 aliphatic carbocycles. The molecule has 0 aliphatic heterocycles. The standard InChI is InChI=1S/C8H10O5/c1-5(2)8(11)13-12-7(10)4-6(3)9/h1,4H2,2-3H3. The van der Waals surface area contributed by atoms with Gasteiger partial charge in [0.1, 0.15) is 12.2 Å². The third kappa shape index (κ3) is 5.60. The summed E-state index contributed by atoms with van der Waals surface area (Å²) >= 11 is 0. The fourth-order valence-electron chi connectivity index (χ4n) is 0.388. The molecular weight excluding hydrogens is 176 g/mol. The van der Waals surface area contributed by atoms with E-state index < -0.39 is 18.4 Å². The fraction of sp³-hybridized carbons (Fsp3) is 0.375. The SMILES string of the molecule is C=C(C)C(=O)OOC(=O)CC(C)=O. The van der Waals surface area contributed by atoms with E-state index in [1.807, 2.05) is 0 Å². The molecule has 5 heteroatoms. The monoisotopic (exact) mass is 186 g/mol. The van der Waals surface area contributed by atoms with Gasteiger partial charge in [-0.05, 0) is 13.8 Å². The van der Waals surface area contributed by atoms with E-state index >= 15 is 0 Å². The number of hydrogen-bond acceptors (Lipinski definition) is 5. The van der Waals surface area contributed by atoms with E-state index in [2.05, 4.69) is 16.4 Å². The van der Waals surface area contributed by atoms with Crippen molar-refractivity contribution in [1.82, 2.24) is 0 Å². The van der Waals surface area contributed by atoms with E-state index in [1.165, 1.54) is 13.8 Å². The lowest BCUT2D eigenvalue weighted by Gasteiger charge is -2.00. The number of rotatable bonds is 3. The van der Waals surface area contributed by atoms with Crippen LogP contribution in [0.15, 0.2) is 12.2 Å². The summed E-state index contributed by atoms with van der Waals surface area (Å²) in [5.74, 6) is -2.10. The van der Waals surface area contributed by atoms with Gasteiger partial charge in [0, 0.05) is 5.57 Å². The van der Waals surface area contributed by atoms with Crippen LogP contribution < -0.4 is 0 Å². The summed E-state index contributed by atoms with van der Waals surface area (Å²) in [6, 6.07) is 0. The largest absolute Gasteiger partial charge is 0.381 e. The average molecular weight is 186 g/mol. The lowest BCUT2D eigenvalue weighted by Crippen LogP contribution is -2.13. The van der Waals surface area contributed by atoms with Gasteiger partial charge >= 0.3 is 11.9 Å². The summed E-state index contributed by atoms with van der Waals surface area (Å²) < 4.78 is 0. The minimum Gasteiger partial charge on any atom is -0.299 e. The van der Waals surface area contributed by atoms with Gasteiger partial charge in [-0.15, -0.1) is 0 Å². The van der Waals surface area contributed by atoms with E-state index in [0.717, 1.165) is 0 Å². The summed E-state index contributed by atoms with van der Waals surface area (Å²) in [6.45, 7) is 5.89. The van der Waals surface area contributed by atoms with Crippen LogP contribution in [0, 0.1) is 0 Å². The Bertz CT molecular complexity index is 253. The van der Waals surface area contributed by atoms with Crippen molar-refractivity contribution in [3.63, 3.8) is 0 Å². The quantitative estimate of drug-likeness (QED) is 0.278. The van der Waals surface area contributed by atoms with Crippen molar-refractivity contribution in [2.45, 2.75) is 20.3 Å². The molecule has 13 heavy (non-hydrogen) atoms. The van der Waals surface area contributed by atoms with Gasteiger partial charge in [0.2, 0.25) is 0 Å². The lowest BCUT2D eigenvalue weighted by atomic mass is 10.3. The van der Waals surface area contributed by atoms with E-state index in [-0.39, 0.29) is 11.4 Å². The van der Waals surface area contributed by atoms with Crippen molar-refractivity contribution in [3.8, 4) is 0 Å². The number of ketones is 1. The fourth-order valence-corrected chi connectivity index (χ4v) is 0.388. The molecule has 0 aromatic heterocycles. The Morgan fingerprint density at radius 1 is 1.15 bits per heavy atom. The summed E-state index contributed by atoms with van der Waals surface area (Å²) in [6.07, 6.45) is -0.413. The highest BCUT2D eigenvalue weighted by atomic mass is 17.2. The van der Waals surface area contributed by atoms with Crippen molar-refractivity contribution in [2.24, 2.45) is 0 Å². The summed E-state index contributed by atoms with van der Waals surface area (Å²) in [7, 11) is 0. The van der Waals surface area contributed by atoms with Gasteiger partial charge in [-0.25, -0.2) is 19.4 Å². The van der Waals surface area contributed by atoms with Crippen molar-refractivity contribution in [3.05, 3.63) is 12.2 Å². The minimum atomic E-state index is -0.901. The summed E-state index contributed by atoms with van der Waals surface area (Å²) in [5, 5.41) is 0. The molecule has 0 N–H and O–H groups in total. The molecule has 0 saturated heterocycles. The Labute approximate surface area is 75.2 Å².